The third-order valence-electron chi connectivity index (χ3n) is 4.03. The van der Waals surface area contributed by atoms with E-state index in [0.29, 0.717) is 5.92 Å². The lowest BCUT2D eigenvalue weighted by molar-refractivity contribution is -0.0895. The van der Waals surface area contributed by atoms with Gasteiger partial charge in [0, 0.05) is 25.0 Å². The average Bonchev–Trinajstić information content (AvgIpc) is 2.83. The topological polar surface area (TPSA) is 56.5 Å². The molecule has 0 saturated carbocycles. The van der Waals surface area contributed by atoms with Crippen LogP contribution in [0.3, 0.4) is 0 Å². The summed E-state index contributed by atoms with van der Waals surface area (Å²) in [5.74, 6) is 8.66. The van der Waals surface area contributed by atoms with Crippen LogP contribution in [0, 0.1) is 5.92 Å². The van der Waals surface area contributed by atoms with Crippen molar-refractivity contribution in [3.63, 3.8) is 0 Å². The number of hydrogen-bond acceptors (Lipinski definition) is 5. The molecule has 2 rings (SSSR count). The molecule has 0 aromatic rings. The van der Waals surface area contributed by atoms with Gasteiger partial charge in [-0.05, 0) is 37.4 Å². The quantitative estimate of drug-likeness (QED) is 0.437. The van der Waals surface area contributed by atoms with Crippen molar-refractivity contribution in [1.82, 2.24) is 5.43 Å². The number of hydrogen-bond donors (Lipinski definition) is 2. The van der Waals surface area contributed by atoms with Gasteiger partial charge in [0.25, 0.3) is 0 Å². The van der Waals surface area contributed by atoms with Crippen LogP contribution in [0.25, 0.3) is 0 Å². The van der Waals surface area contributed by atoms with E-state index < -0.39 is 0 Å². The van der Waals surface area contributed by atoms with E-state index in [2.05, 4.69) is 12.3 Å². The van der Waals surface area contributed by atoms with Gasteiger partial charge in [-0.15, -0.1) is 0 Å². The highest BCUT2D eigenvalue weighted by Gasteiger charge is 2.42. The Morgan fingerprint density at radius 3 is 3.17 bits per heavy atom. The summed E-state index contributed by atoms with van der Waals surface area (Å²) in [5.41, 5.74) is 3.08. The minimum atomic E-state index is 0.132. The van der Waals surface area contributed by atoms with Gasteiger partial charge >= 0.3 is 0 Å². The predicted octanol–water partition coefficient (Wildman–Crippen LogP) is 1.55. The maximum absolute atomic E-state index is 6.05. The van der Waals surface area contributed by atoms with Gasteiger partial charge in [0.15, 0.2) is 0 Å². The second-order valence-electron chi connectivity index (χ2n) is 5.44. The number of hydrazine groups is 1. The first-order chi connectivity index (χ1) is 8.79. The SMILES string of the molecule is CCCOCC(NN)C1CCOC2(CCSC2)C1. The minimum Gasteiger partial charge on any atom is -0.380 e. The number of ether oxygens (including phenoxy) is 2. The Labute approximate surface area is 114 Å². The first-order valence-corrected chi connectivity index (χ1v) is 8.21. The van der Waals surface area contributed by atoms with E-state index in [9.17, 15) is 0 Å². The summed E-state index contributed by atoms with van der Waals surface area (Å²) in [6.07, 6.45) is 4.48. The van der Waals surface area contributed by atoms with Crippen molar-refractivity contribution in [3.8, 4) is 0 Å². The fourth-order valence-electron chi connectivity index (χ4n) is 2.95. The summed E-state index contributed by atoms with van der Waals surface area (Å²) in [4.78, 5) is 0. The average molecular weight is 274 g/mol. The lowest BCUT2D eigenvalue weighted by Gasteiger charge is -2.40. The smallest absolute Gasteiger partial charge is 0.0783 e. The normalized spacial score (nSPS) is 34.0. The molecule has 0 radical (unpaired) electrons. The van der Waals surface area contributed by atoms with Crippen LogP contribution in [0.4, 0.5) is 0 Å². The Bertz CT molecular complexity index is 247. The Hall–Kier alpha value is 0.190. The maximum atomic E-state index is 6.05. The van der Waals surface area contributed by atoms with E-state index in [0.717, 1.165) is 44.8 Å². The van der Waals surface area contributed by atoms with Gasteiger partial charge in [-0.2, -0.15) is 11.8 Å². The Balaban J connectivity index is 1.85. The Kier molecular flexibility index (Phi) is 5.76. The molecule has 0 aromatic heterocycles. The molecule has 18 heavy (non-hydrogen) atoms. The molecule has 3 N–H and O–H groups in total. The van der Waals surface area contributed by atoms with Gasteiger partial charge < -0.3 is 9.47 Å². The molecular weight excluding hydrogens is 248 g/mol. The standard InChI is InChI=1S/C13H26N2O2S/c1-2-5-16-9-12(15-14)11-3-6-17-13(8-11)4-7-18-10-13/h11-12,15H,2-10,14H2,1H3. The molecule has 2 fully saturated rings. The van der Waals surface area contributed by atoms with Gasteiger partial charge in [-0.3, -0.25) is 11.3 Å². The van der Waals surface area contributed by atoms with Crippen molar-refractivity contribution in [1.29, 1.82) is 0 Å². The molecule has 1 spiro atoms. The van der Waals surface area contributed by atoms with Crippen molar-refractivity contribution in [2.45, 2.75) is 44.2 Å². The summed E-state index contributed by atoms with van der Waals surface area (Å²) in [6, 6.07) is 0.267. The second kappa shape index (κ2) is 7.10. The van der Waals surface area contributed by atoms with Crippen LogP contribution in [-0.4, -0.2) is 43.0 Å². The zero-order valence-electron chi connectivity index (χ0n) is 11.3. The molecule has 5 heteroatoms. The Morgan fingerprint density at radius 1 is 1.61 bits per heavy atom. The van der Waals surface area contributed by atoms with Crippen LogP contribution in [-0.2, 0) is 9.47 Å². The monoisotopic (exact) mass is 274 g/mol. The molecule has 0 aliphatic carbocycles. The third-order valence-corrected chi connectivity index (χ3v) is 5.25. The molecule has 2 saturated heterocycles. The van der Waals surface area contributed by atoms with Crippen LogP contribution in [0.2, 0.25) is 0 Å². The largest absolute Gasteiger partial charge is 0.380 e. The Morgan fingerprint density at radius 2 is 2.50 bits per heavy atom. The van der Waals surface area contributed by atoms with Crippen LogP contribution >= 0.6 is 11.8 Å². The van der Waals surface area contributed by atoms with Gasteiger partial charge in [-0.25, -0.2) is 0 Å². The molecule has 0 amide bonds. The van der Waals surface area contributed by atoms with Crippen molar-refractivity contribution < 1.29 is 9.47 Å². The highest BCUT2D eigenvalue weighted by molar-refractivity contribution is 7.99. The number of thioether (sulfide) groups is 1. The van der Waals surface area contributed by atoms with E-state index in [1.807, 2.05) is 11.8 Å². The number of nitrogens with one attached hydrogen (secondary N) is 1. The maximum Gasteiger partial charge on any atom is 0.0783 e. The molecule has 106 valence electrons. The summed E-state index contributed by atoms with van der Waals surface area (Å²) >= 11 is 2.01. The van der Waals surface area contributed by atoms with E-state index in [4.69, 9.17) is 15.3 Å². The van der Waals surface area contributed by atoms with Crippen molar-refractivity contribution in [2.24, 2.45) is 11.8 Å². The van der Waals surface area contributed by atoms with E-state index in [1.54, 1.807) is 0 Å². The molecule has 2 aliphatic heterocycles. The molecular formula is C13H26N2O2S. The lowest BCUT2D eigenvalue weighted by Crippen LogP contribution is -2.50. The first kappa shape index (κ1) is 14.6. The van der Waals surface area contributed by atoms with Crippen LogP contribution in [0.15, 0.2) is 0 Å². The minimum absolute atomic E-state index is 0.132. The van der Waals surface area contributed by atoms with Gasteiger partial charge in [-0.1, -0.05) is 6.92 Å². The summed E-state index contributed by atoms with van der Waals surface area (Å²) in [7, 11) is 0. The molecule has 3 atom stereocenters. The summed E-state index contributed by atoms with van der Waals surface area (Å²) in [6.45, 7) is 4.54. The first-order valence-electron chi connectivity index (χ1n) is 7.05. The molecule has 4 nitrogen and oxygen atoms in total. The van der Waals surface area contributed by atoms with Crippen molar-refractivity contribution >= 4 is 11.8 Å². The van der Waals surface area contributed by atoms with Crippen LogP contribution < -0.4 is 11.3 Å². The second-order valence-corrected chi connectivity index (χ2v) is 6.54. The highest BCUT2D eigenvalue weighted by atomic mass is 32.2. The van der Waals surface area contributed by atoms with Crippen molar-refractivity contribution in [2.75, 3.05) is 31.3 Å². The summed E-state index contributed by atoms with van der Waals surface area (Å²) < 4.78 is 11.7. The van der Waals surface area contributed by atoms with Gasteiger partial charge in [0.05, 0.1) is 12.2 Å². The van der Waals surface area contributed by atoms with Gasteiger partial charge in [0.2, 0.25) is 0 Å². The predicted molar refractivity (Wildman–Crippen MR) is 75.6 cm³/mol. The molecule has 3 unspecified atom stereocenters. The number of rotatable bonds is 6. The lowest BCUT2D eigenvalue weighted by atomic mass is 9.81. The van der Waals surface area contributed by atoms with E-state index in [-0.39, 0.29) is 11.6 Å². The zero-order valence-corrected chi connectivity index (χ0v) is 12.1. The molecule has 2 aliphatic rings. The summed E-state index contributed by atoms with van der Waals surface area (Å²) in [5, 5.41) is 0. The highest BCUT2D eigenvalue weighted by Crippen LogP contribution is 2.41. The molecule has 0 aromatic carbocycles. The fourth-order valence-corrected chi connectivity index (χ4v) is 4.33. The van der Waals surface area contributed by atoms with Crippen molar-refractivity contribution in [3.05, 3.63) is 0 Å². The van der Waals surface area contributed by atoms with E-state index >= 15 is 0 Å². The molecule has 2 heterocycles. The zero-order chi connectivity index (χ0) is 12.8. The van der Waals surface area contributed by atoms with E-state index in [1.165, 1.54) is 12.2 Å². The third kappa shape index (κ3) is 3.61. The molecule has 0 bridgehead atoms. The van der Waals surface area contributed by atoms with Crippen LogP contribution in [0.5, 0.6) is 0 Å². The van der Waals surface area contributed by atoms with Gasteiger partial charge in [0.1, 0.15) is 0 Å². The number of nitrogens with two attached hydrogens (primary N) is 1. The van der Waals surface area contributed by atoms with Crippen LogP contribution in [0.1, 0.15) is 32.6 Å². The fraction of sp³-hybridized carbons (Fsp3) is 1.00.